The van der Waals surface area contributed by atoms with E-state index in [9.17, 15) is 8.42 Å². The van der Waals surface area contributed by atoms with Crippen molar-refractivity contribution in [2.45, 2.75) is 19.3 Å². The molecule has 0 atom stereocenters. The van der Waals surface area contributed by atoms with E-state index in [1.807, 2.05) is 0 Å². The second-order valence-corrected chi connectivity index (χ2v) is 5.59. The SMILES string of the molecule is O=S(=O)(NCCc1cnc[nH]1)N1CCCC1. The quantitative estimate of drug-likeness (QED) is 0.758. The van der Waals surface area contributed by atoms with Gasteiger partial charge in [-0.3, -0.25) is 0 Å². The van der Waals surface area contributed by atoms with Crippen LogP contribution in [0.25, 0.3) is 0 Å². The molecule has 0 bridgehead atoms. The minimum atomic E-state index is -3.26. The number of nitrogens with zero attached hydrogens (tertiary/aromatic N) is 2. The second kappa shape index (κ2) is 4.94. The molecule has 1 saturated heterocycles. The maximum absolute atomic E-state index is 11.8. The first kappa shape index (κ1) is 11.6. The molecule has 16 heavy (non-hydrogen) atoms. The summed E-state index contributed by atoms with van der Waals surface area (Å²) in [6.07, 6.45) is 5.84. The first-order valence-corrected chi connectivity index (χ1v) is 6.84. The number of imidazole rings is 1. The lowest BCUT2D eigenvalue weighted by atomic mass is 10.3. The summed E-state index contributed by atoms with van der Waals surface area (Å²) in [6.45, 7) is 1.68. The fourth-order valence-electron chi connectivity index (χ4n) is 1.76. The molecule has 1 aromatic heterocycles. The smallest absolute Gasteiger partial charge is 0.279 e. The van der Waals surface area contributed by atoms with Crippen LogP contribution < -0.4 is 4.72 Å². The molecule has 2 heterocycles. The molecule has 1 aromatic rings. The fraction of sp³-hybridized carbons (Fsp3) is 0.667. The van der Waals surface area contributed by atoms with Gasteiger partial charge in [-0.1, -0.05) is 0 Å². The number of aromatic nitrogens is 2. The Morgan fingerprint density at radius 1 is 1.44 bits per heavy atom. The Morgan fingerprint density at radius 2 is 2.19 bits per heavy atom. The molecule has 0 spiro atoms. The molecule has 0 amide bonds. The highest BCUT2D eigenvalue weighted by Gasteiger charge is 2.24. The third kappa shape index (κ3) is 2.81. The third-order valence-electron chi connectivity index (χ3n) is 2.64. The molecule has 2 N–H and O–H groups in total. The van der Waals surface area contributed by atoms with Crippen molar-refractivity contribution in [1.82, 2.24) is 19.0 Å². The second-order valence-electron chi connectivity index (χ2n) is 3.83. The van der Waals surface area contributed by atoms with E-state index in [2.05, 4.69) is 14.7 Å². The van der Waals surface area contributed by atoms with Gasteiger partial charge in [0.2, 0.25) is 0 Å². The van der Waals surface area contributed by atoms with Gasteiger partial charge in [-0.15, -0.1) is 0 Å². The maximum atomic E-state index is 11.8. The van der Waals surface area contributed by atoms with Crippen molar-refractivity contribution in [1.29, 1.82) is 0 Å². The minimum Gasteiger partial charge on any atom is -0.348 e. The highest BCUT2D eigenvalue weighted by Crippen LogP contribution is 2.10. The molecule has 6 nitrogen and oxygen atoms in total. The molecule has 90 valence electrons. The Bertz CT molecular complexity index is 409. The molecule has 1 aliphatic rings. The van der Waals surface area contributed by atoms with Crippen LogP contribution in [0.3, 0.4) is 0 Å². The Hall–Kier alpha value is -0.920. The van der Waals surface area contributed by atoms with Crippen molar-refractivity contribution in [3.63, 3.8) is 0 Å². The Kier molecular flexibility index (Phi) is 3.57. The normalized spacial score (nSPS) is 18.0. The number of hydrogen-bond donors (Lipinski definition) is 2. The highest BCUT2D eigenvalue weighted by atomic mass is 32.2. The topological polar surface area (TPSA) is 78.1 Å². The molecule has 0 radical (unpaired) electrons. The van der Waals surface area contributed by atoms with Gasteiger partial charge in [0, 0.05) is 37.9 Å². The van der Waals surface area contributed by atoms with Gasteiger partial charge in [0.1, 0.15) is 0 Å². The van der Waals surface area contributed by atoms with E-state index in [0.717, 1.165) is 18.5 Å². The van der Waals surface area contributed by atoms with Crippen molar-refractivity contribution in [2.24, 2.45) is 0 Å². The van der Waals surface area contributed by atoms with Crippen molar-refractivity contribution in [3.05, 3.63) is 18.2 Å². The lowest BCUT2D eigenvalue weighted by Gasteiger charge is -2.15. The molecule has 7 heteroatoms. The van der Waals surface area contributed by atoms with Crippen molar-refractivity contribution in [2.75, 3.05) is 19.6 Å². The van der Waals surface area contributed by atoms with E-state index < -0.39 is 10.2 Å². The number of rotatable bonds is 5. The Labute approximate surface area is 95.2 Å². The van der Waals surface area contributed by atoms with E-state index in [-0.39, 0.29) is 0 Å². The van der Waals surface area contributed by atoms with Crippen LogP contribution >= 0.6 is 0 Å². The summed E-state index contributed by atoms with van der Waals surface area (Å²) < 4.78 is 27.6. The molecule has 1 aliphatic heterocycles. The summed E-state index contributed by atoms with van der Waals surface area (Å²) in [5.74, 6) is 0. The van der Waals surface area contributed by atoms with Gasteiger partial charge in [-0.2, -0.15) is 12.7 Å². The van der Waals surface area contributed by atoms with Crippen LogP contribution in [0.2, 0.25) is 0 Å². The highest BCUT2D eigenvalue weighted by molar-refractivity contribution is 7.87. The largest absolute Gasteiger partial charge is 0.348 e. The van der Waals surface area contributed by atoms with E-state index in [4.69, 9.17) is 0 Å². The molecule has 1 fully saturated rings. The minimum absolute atomic E-state index is 0.404. The Balaban J connectivity index is 1.80. The van der Waals surface area contributed by atoms with E-state index in [1.165, 1.54) is 4.31 Å². The summed E-state index contributed by atoms with van der Waals surface area (Å²) in [5.41, 5.74) is 0.934. The number of H-pyrrole nitrogens is 1. The van der Waals surface area contributed by atoms with Gasteiger partial charge in [0.25, 0.3) is 10.2 Å². The lowest BCUT2D eigenvalue weighted by Crippen LogP contribution is -2.39. The van der Waals surface area contributed by atoms with Crippen LogP contribution in [0.1, 0.15) is 18.5 Å². The zero-order valence-corrected chi connectivity index (χ0v) is 9.83. The van der Waals surface area contributed by atoms with Crippen LogP contribution in [0.5, 0.6) is 0 Å². The molecule has 0 saturated carbocycles. The predicted molar refractivity (Wildman–Crippen MR) is 60.0 cm³/mol. The van der Waals surface area contributed by atoms with Crippen LogP contribution in [0.4, 0.5) is 0 Å². The van der Waals surface area contributed by atoms with E-state index >= 15 is 0 Å². The third-order valence-corrected chi connectivity index (χ3v) is 4.25. The number of aromatic amines is 1. The summed E-state index contributed by atoms with van der Waals surface area (Å²) in [5, 5.41) is 0. The van der Waals surface area contributed by atoms with Crippen LogP contribution in [-0.2, 0) is 16.6 Å². The average molecular weight is 244 g/mol. The number of nitrogens with one attached hydrogen (secondary N) is 2. The van der Waals surface area contributed by atoms with E-state index in [1.54, 1.807) is 12.5 Å². The number of hydrogen-bond acceptors (Lipinski definition) is 3. The van der Waals surface area contributed by atoms with Gasteiger partial charge < -0.3 is 4.98 Å². The lowest BCUT2D eigenvalue weighted by molar-refractivity contribution is 0.465. The van der Waals surface area contributed by atoms with Crippen LogP contribution in [0, 0.1) is 0 Å². The van der Waals surface area contributed by atoms with Crippen molar-refractivity contribution in [3.8, 4) is 0 Å². The maximum Gasteiger partial charge on any atom is 0.279 e. The van der Waals surface area contributed by atoms with Gasteiger partial charge in [0.15, 0.2) is 0 Å². The zero-order chi connectivity index (χ0) is 11.4. The molecular formula is C9H16N4O2S. The first-order valence-electron chi connectivity index (χ1n) is 5.40. The molecule has 0 aliphatic carbocycles. The summed E-state index contributed by atoms with van der Waals surface area (Å²) in [7, 11) is -3.26. The molecule has 0 unspecified atom stereocenters. The first-order chi connectivity index (χ1) is 7.68. The van der Waals surface area contributed by atoms with Crippen LogP contribution in [0.15, 0.2) is 12.5 Å². The van der Waals surface area contributed by atoms with Crippen molar-refractivity contribution < 1.29 is 8.42 Å². The standard InChI is InChI=1S/C9H16N4O2S/c14-16(15,13-5-1-2-6-13)12-4-3-9-7-10-8-11-9/h7-8,12H,1-6H2,(H,10,11). The van der Waals surface area contributed by atoms with Crippen molar-refractivity contribution >= 4 is 10.2 Å². The van der Waals surface area contributed by atoms with E-state index in [0.29, 0.717) is 26.1 Å². The summed E-state index contributed by atoms with van der Waals surface area (Å²) in [6, 6.07) is 0. The van der Waals surface area contributed by atoms with Gasteiger partial charge >= 0.3 is 0 Å². The summed E-state index contributed by atoms with van der Waals surface area (Å²) in [4.78, 5) is 6.80. The van der Waals surface area contributed by atoms with Gasteiger partial charge in [-0.05, 0) is 12.8 Å². The fourth-order valence-corrected chi connectivity index (χ4v) is 3.04. The predicted octanol–water partition coefficient (Wildman–Crippen LogP) is -0.118. The summed E-state index contributed by atoms with van der Waals surface area (Å²) >= 11 is 0. The van der Waals surface area contributed by atoms with Crippen LogP contribution in [-0.4, -0.2) is 42.3 Å². The van der Waals surface area contributed by atoms with Gasteiger partial charge in [-0.25, -0.2) is 9.71 Å². The average Bonchev–Trinajstić information content (AvgIpc) is 2.90. The monoisotopic (exact) mass is 244 g/mol. The van der Waals surface area contributed by atoms with Gasteiger partial charge in [0.05, 0.1) is 6.33 Å². The molecule has 2 rings (SSSR count). The molecular weight excluding hydrogens is 228 g/mol. The zero-order valence-electron chi connectivity index (χ0n) is 9.02. The Morgan fingerprint density at radius 3 is 2.81 bits per heavy atom. The molecule has 0 aromatic carbocycles.